The minimum Gasteiger partial charge on any atom is -0.389 e. The Morgan fingerprint density at radius 1 is 1.06 bits per heavy atom. The van der Waals surface area contributed by atoms with Gasteiger partial charge in [0.1, 0.15) is 0 Å². The van der Waals surface area contributed by atoms with E-state index in [1.807, 2.05) is 12.1 Å². The summed E-state index contributed by atoms with van der Waals surface area (Å²) in [6.07, 6.45) is 8.46. The summed E-state index contributed by atoms with van der Waals surface area (Å²) in [5.74, 6) is 0.239. The molecule has 2 aromatic carbocycles. The zero-order chi connectivity index (χ0) is 22.6. The van der Waals surface area contributed by atoms with E-state index in [-0.39, 0.29) is 17.3 Å². The number of nitrogens with two attached hydrogens (primary N) is 1. The molecule has 0 atom stereocenters. The van der Waals surface area contributed by atoms with E-state index in [1.165, 1.54) is 17.5 Å². The van der Waals surface area contributed by atoms with Crippen LogP contribution in [0.3, 0.4) is 0 Å². The van der Waals surface area contributed by atoms with E-state index >= 15 is 0 Å². The number of hydrogen-bond acceptors (Lipinski definition) is 5. The lowest BCUT2D eigenvalue weighted by molar-refractivity contribution is 0.00601. The van der Waals surface area contributed by atoms with Gasteiger partial charge in [-0.3, -0.25) is 4.79 Å². The molecule has 0 unspecified atom stereocenters. The number of rotatable bonds is 4. The Bertz CT molecular complexity index is 1330. The Morgan fingerprint density at radius 3 is 2.42 bits per heavy atom. The standard InChI is InChI=1S/C26H25N5O2/c27-25-29-11-17(12-30-25)16-5-7-18(8-6-16)26(9-2-10-26)22-13-28-23-20(22)3-1-4-21(23)24(33)31-14-19(32)15-31/h1,3-8,11-13,19,28,32H,2,9-10,14-15H2,(H2,27,29,30). The van der Waals surface area contributed by atoms with Crippen molar-refractivity contribution in [3.63, 3.8) is 0 Å². The molecule has 6 rings (SSSR count). The largest absolute Gasteiger partial charge is 0.389 e. The quantitative estimate of drug-likeness (QED) is 0.451. The van der Waals surface area contributed by atoms with Gasteiger partial charge in [-0.1, -0.05) is 42.8 Å². The fraction of sp³-hybridized carbons (Fsp3) is 0.269. The Balaban J connectivity index is 1.37. The topological polar surface area (TPSA) is 108 Å². The van der Waals surface area contributed by atoms with Crippen molar-refractivity contribution < 1.29 is 9.90 Å². The number of β-amino-alcohol motifs (C(OH)–C–C–N with tert-alkyl or cyclic N) is 1. The van der Waals surface area contributed by atoms with Crippen LogP contribution >= 0.6 is 0 Å². The Kier molecular flexibility index (Phi) is 4.48. The van der Waals surface area contributed by atoms with Crippen LogP contribution < -0.4 is 5.73 Å². The molecule has 0 radical (unpaired) electrons. The first-order chi connectivity index (χ1) is 16.0. The van der Waals surface area contributed by atoms with Crippen molar-refractivity contribution in [1.82, 2.24) is 19.9 Å². The zero-order valence-corrected chi connectivity index (χ0v) is 18.2. The van der Waals surface area contributed by atoms with Crippen molar-refractivity contribution in [1.29, 1.82) is 0 Å². The van der Waals surface area contributed by atoms with E-state index in [2.05, 4.69) is 51.5 Å². The second kappa shape index (κ2) is 7.42. The summed E-state index contributed by atoms with van der Waals surface area (Å²) < 4.78 is 0. The molecule has 1 aliphatic heterocycles. The van der Waals surface area contributed by atoms with E-state index in [0.29, 0.717) is 18.7 Å². The molecule has 166 valence electrons. The number of amides is 1. The van der Waals surface area contributed by atoms with Gasteiger partial charge in [0.2, 0.25) is 5.95 Å². The van der Waals surface area contributed by atoms with Gasteiger partial charge in [0.15, 0.2) is 0 Å². The number of aliphatic hydroxyl groups is 1. The number of carbonyl (C=O) groups excluding carboxylic acids is 1. The van der Waals surface area contributed by atoms with Crippen LogP contribution in [0.5, 0.6) is 0 Å². The highest BCUT2D eigenvalue weighted by Gasteiger charge is 2.42. The van der Waals surface area contributed by atoms with Crippen molar-refractivity contribution in [2.75, 3.05) is 18.8 Å². The lowest BCUT2D eigenvalue weighted by atomic mass is 9.60. The monoisotopic (exact) mass is 439 g/mol. The lowest BCUT2D eigenvalue weighted by Crippen LogP contribution is -2.53. The van der Waals surface area contributed by atoms with Gasteiger partial charge < -0.3 is 20.7 Å². The first kappa shape index (κ1) is 19.9. The maximum atomic E-state index is 13.0. The van der Waals surface area contributed by atoms with Crippen LogP contribution in [-0.2, 0) is 5.41 Å². The molecule has 0 bridgehead atoms. The van der Waals surface area contributed by atoms with Crippen molar-refractivity contribution >= 4 is 22.8 Å². The number of aromatic nitrogens is 3. The summed E-state index contributed by atoms with van der Waals surface area (Å²) in [5, 5.41) is 10.7. The predicted octanol–water partition coefficient (Wildman–Crippen LogP) is 3.49. The summed E-state index contributed by atoms with van der Waals surface area (Å²) in [5.41, 5.74) is 11.6. The molecular formula is C26H25N5O2. The third kappa shape index (κ3) is 3.11. The third-order valence-electron chi connectivity index (χ3n) is 7.26. The molecule has 7 nitrogen and oxygen atoms in total. The van der Waals surface area contributed by atoms with Crippen LogP contribution in [0, 0.1) is 0 Å². The lowest BCUT2D eigenvalue weighted by Gasteiger charge is -2.43. The van der Waals surface area contributed by atoms with Crippen molar-refractivity contribution in [2.24, 2.45) is 0 Å². The van der Waals surface area contributed by atoms with Gasteiger partial charge in [0, 0.05) is 48.0 Å². The van der Waals surface area contributed by atoms with E-state index in [4.69, 9.17) is 5.73 Å². The van der Waals surface area contributed by atoms with E-state index in [9.17, 15) is 9.90 Å². The van der Waals surface area contributed by atoms with Gasteiger partial charge in [-0.15, -0.1) is 0 Å². The van der Waals surface area contributed by atoms with Crippen LogP contribution in [0.25, 0.3) is 22.0 Å². The number of aromatic amines is 1. The number of benzene rings is 2. The van der Waals surface area contributed by atoms with Crippen molar-refractivity contribution in [3.8, 4) is 11.1 Å². The smallest absolute Gasteiger partial charge is 0.256 e. The maximum Gasteiger partial charge on any atom is 0.256 e. The molecule has 1 amide bonds. The molecule has 2 fully saturated rings. The summed E-state index contributed by atoms with van der Waals surface area (Å²) in [6.45, 7) is 0.802. The first-order valence-corrected chi connectivity index (χ1v) is 11.3. The van der Waals surface area contributed by atoms with Crippen LogP contribution in [-0.4, -0.2) is 50.1 Å². The van der Waals surface area contributed by atoms with Gasteiger partial charge in [0.05, 0.1) is 17.2 Å². The van der Waals surface area contributed by atoms with E-state index in [1.54, 1.807) is 17.3 Å². The summed E-state index contributed by atoms with van der Waals surface area (Å²) in [6, 6.07) is 14.5. The number of carbonyl (C=O) groups is 1. The van der Waals surface area contributed by atoms with Gasteiger partial charge >= 0.3 is 0 Å². The Labute approximate surface area is 191 Å². The van der Waals surface area contributed by atoms with Crippen LogP contribution in [0.2, 0.25) is 0 Å². The SMILES string of the molecule is Nc1ncc(-c2ccc(C3(c4c[nH]c5c(C(=O)N6CC(O)C6)cccc45)CCC3)cc2)cn1. The van der Waals surface area contributed by atoms with Gasteiger partial charge in [-0.05, 0) is 35.6 Å². The molecule has 4 aromatic rings. The number of aliphatic hydroxyl groups excluding tert-OH is 1. The second-order valence-corrected chi connectivity index (χ2v) is 9.14. The predicted molar refractivity (Wildman–Crippen MR) is 127 cm³/mol. The summed E-state index contributed by atoms with van der Waals surface area (Å²) in [4.78, 5) is 26.3. The highest BCUT2D eigenvalue weighted by atomic mass is 16.3. The first-order valence-electron chi connectivity index (χ1n) is 11.3. The number of fused-ring (bicyclic) bond motifs is 1. The minimum atomic E-state index is -0.409. The van der Waals surface area contributed by atoms with Gasteiger partial charge in [0.25, 0.3) is 5.91 Å². The molecule has 3 heterocycles. The summed E-state index contributed by atoms with van der Waals surface area (Å²) in [7, 11) is 0. The Morgan fingerprint density at radius 2 is 1.79 bits per heavy atom. The Hall–Kier alpha value is -3.71. The fourth-order valence-corrected chi connectivity index (χ4v) is 5.23. The molecule has 1 saturated carbocycles. The zero-order valence-electron chi connectivity index (χ0n) is 18.2. The third-order valence-corrected chi connectivity index (χ3v) is 7.26. The highest BCUT2D eigenvalue weighted by molar-refractivity contribution is 6.07. The molecule has 7 heteroatoms. The van der Waals surface area contributed by atoms with Crippen LogP contribution in [0.15, 0.2) is 61.1 Å². The number of anilines is 1. The molecule has 4 N–H and O–H groups in total. The number of likely N-dealkylation sites (tertiary alicyclic amines) is 1. The molecule has 33 heavy (non-hydrogen) atoms. The van der Waals surface area contributed by atoms with E-state index in [0.717, 1.165) is 34.9 Å². The van der Waals surface area contributed by atoms with Crippen LogP contribution in [0.4, 0.5) is 5.95 Å². The number of para-hydroxylation sites is 1. The normalized spacial score (nSPS) is 17.5. The molecule has 2 aliphatic rings. The molecule has 2 aromatic heterocycles. The van der Waals surface area contributed by atoms with Crippen molar-refractivity contribution in [3.05, 3.63) is 77.7 Å². The van der Waals surface area contributed by atoms with Gasteiger partial charge in [-0.2, -0.15) is 0 Å². The number of H-pyrrole nitrogens is 1. The number of hydrogen-bond donors (Lipinski definition) is 3. The number of nitrogens with zero attached hydrogens (tertiary/aromatic N) is 3. The number of nitrogens with one attached hydrogen (secondary N) is 1. The second-order valence-electron chi connectivity index (χ2n) is 9.14. The van der Waals surface area contributed by atoms with Crippen molar-refractivity contribution in [2.45, 2.75) is 30.8 Å². The highest BCUT2D eigenvalue weighted by Crippen LogP contribution is 2.51. The van der Waals surface area contributed by atoms with E-state index < -0.39 is 6.10 Å². The van der Waals surface area contributed by atoms with Gasteiger partial charge in [-0.25, -0.2) is 9.97 Å². The average molecular weight is 440 g/mol. The van der Waals surface area contributed by atoms with Crippen LogP contribution in [0.1, 0.15) is 40.7 Å². The molecular weight excluding hydrogens is 414 g/mol. The average Bonchev–Trinajstić information content (AvgIpc) is 3.21. The molecule has 1 saturated heterocycles. The minimum absolute atomic E-state index is 0.0305. The fourth-order valence-electron chi connectivity index (χ4n) is 5.23. The molecule has 0 spiro atoms. The molecule has 1 aliphatic carbocycles. The number of nitrogen functional groups attached to an aromatic ring is 1. The summed E-state index contributed by atoms with van der Waals surface area (Å²) >= 11 is 0. The maximum absolute atomic E-state index is 13.0.